The number of hydrogen-bond acceptors (Lipinski definition) is 2. The van der Waals surface area contributed by atoms with Crippen LogP contribution in [0.4, 0.5) is 17.6 Å². The van der Waals surface area contributed by atoms with Gasteiger partial charge in [0, 0.05) is 31.7 Å². The van der Waals surface area contributed by atoms with Crippen LogP contribution >= 0.6 is 0 Å². The number of nitrogens with zero attached hydrogens (tertiary/aromatic N) is 1. The zero-order valence-electron chi connectivity index (χ0n) is 11.6. The summed E-state index contributed by atoms with van der Waals surface area (Å²) in [6, 6.07) is 3.74. The van der Waals surface area contributed by atoms with Gasteiger partial charge in [-0.25, -0.2) is 4.39 Å². The highest BCUT2D eigenvalue weighted by atomic mass is 19.4. The molecular formula is C15H18F4N2. The molecule has 2 fully saturated rings. The topological polar surface area (TPSA) is 15.3 Å². The lowest BCUT2D eigenvalue weighted by molar-refractivity contribution is -0.137. The fourth-order valence-electron chi connectivity index (χ4n) is 3.32. The molecule has 2 aliphatic rings. The summed E-state index contributed by atoms with van der Waals surface area (Å²) >= 11 is 0. The van der Waals surface area contributed by atoms with Crippen LogP contribution in [0.3, 0.4) is 0 Å². The van der Waals surface area contributed by atoms with Gasteiger partial charge in [0.05, 0.1) is 5.56 Å². The van der Waals surface area contributed by atoms with Gasteiger partial charge < -0.3 is 5.32 Å². The van der Waals surface area contributed by atoms with E-state index in [9.17, 15) is 17.6 Å². The van der Waals surface area contributed by atoms with Crippen LogP contribution < -0.4 is 5.32 Å². The number of alkyl halides is 3. The second kappa shape index (κ2) is 5.57. The standard InChI is InChI=1S/C15H18F4N2/c16-12-6-10(5-11(7-12)15(17,18)19)8-21-4-3-13-1-2-14(9-21)20-13/h5-7,13-14,20H,1-4,8-9H2. The molecule has 0 saturated carbocycles. The molecule has 1 N–H and O–H groups in total. The summed E-state index contributed by atoms with van der Waals surface area (Å²) in [6.07, 6.45) is -1.22. The molecule has 0 spiro atoms. The van der Waals surface area contributed by atoms with Crippen molar-refractivity contribution in [3.05, 3.63) is 35.1 Å². The summed E-state index contributed by atoms with van der Waals surface area (Å²) in [5, 5.41) is 3.52. The summed E-state index contributed by atoms with van der Waals surface area (Å²) in [6.45, 7) is 2.02. The predicted molar refractivity (Wildman–Crippen MR) is 71.2 cm³/mol. The maximum absolute atomic E-state index is 13.4. The van der Waals surface area contributed by atoms with E-state index in [1.807, 2.05) is 0 Å². The third-order valence-corrected chi connectivity index (χ3v) is 4.30. The third-order valence-electron chi connectivity index (χ3n) is 4.30. The Morgan fingerprint density at radius 2 is 1.86 bits per heavy atom. The molecule has 2 heterocycles. The van der Waals surface area contributed by atoms with Gasteiger partial charge in [0.15, 0.2) is 0 Å². The van der Waals surface area contributed by atoms with E-state index in [0.717, 1.165) is 32.0 Å². The van der Waals surface area contributed by atoms with Crippen molar-refractivity contribution in [2.45, 2.75) is 44.1 Å². The van der Waals surface area contributed by atoms with Gasteiger partial charge >= 0.3 is 6.18 Å². The van der Waals surface area contributed by atoms with Gasteiger partial charge in [-0.2, -0.15) is 13.2 Å². The molecule has 2 unspecified atom stereocenters. The molecule has 0 amide bonds. The molecule has 21 heavy (non-hydrogen) atoms. The first-order chi connectivity index (χ1) is 9.90. The summed E-state index contributed by atoms with van der Waals surface area (Å²) in [5.41, 5.74) is -0.521. The number of likely N-dealkylation sites (tertiary alicyclic amines) is 1. The summed E-state index contributed by atoms with van der Waals surface area (Å²) in [7, 11) is 0. The van der Waals surface area contributed by atoms with E-state index in [4.69, 9.17) is 0 Å². The highest BCUT2D eigenvalue weighted by Gasteiger charge is 2.32. The average molecular weight is 302 g/mol. The smallest absolute Gasteiger partial charge is 0.310 e. The van der Waals surface area contributed by atoms with E-state index in [-0.39, 0.29) is 0 Å². The van der Waals surface area contributed by atoms with Crippen LogP contribution in [0.5, 0.6) is 0 Å². The Kier molecular flexibility index (Phi) is 3.92. The van der Waals surface area contributed by atoms with Crippen LogP contribution in [0.15, 0.2) is 18.2 Å². The molecule has 0 aliphatic carbocycles. The van der Waals surface area contributed by atoms with Gasteiger partial charge in [0.1, 0.15) is 5.82 Å². The molecule has 1 aromatic carbocycles. The number of benzene rings is 1. The quantitative estimate of drug-likeness (QED) is 0.844. The highest BCUT2D eigenvalue weighted by Crippen LogP contribution is 2.31. The Hall–Kier alpha value is -1.14. The molecular weight excluding hydrogens is 284 g/mol. The van der Waals surface area contributed by atoms with Crippen molar-refractivity contribution in [2.75, 3.05) is 13.1 Å². The van der Waals surface area contributed by atoms with E-state index in [1.165, 1.54) is 12.5 Å². The second-order valence-electron chi connectivity index (χ2n) is 6.01. The van der Waals surface area contributed by atoms with Crippen LogP contribution in [-0.4, -0.2) is 30.1 Å². The molecule has 2 saturated heterocycles. The minimum atomic E-state index is -4.50. The van der Waals surface area contributed by atoms with E-state index in [0.29, 0.717) is 30.3 Å². The number of fused-ring (bicyclic) bond motifs is 2. The van der Waals surface area contributed by atoms with Gasteiger partial charge in [-0.15, -0.1) is 0 Å². The fraction of sp³-hybridized carbons (Fsp3) is 0.600. The molecule has 6 heteroatoms. The molecule has 2 nitrogen and oxygen atoms in total. The van der Waals surface area contributed by atoms with Gasteiger partial charge in [-0.3, -0.25) is 4.90 Å². The molecule has 2 aliphatic heterocycles. The number of halogens is 4. The first-order valence-electron chi connectivity index (χ1n) is 7.25. The maximum Gasteiger partial charge on any atom is 0.416 e. The van der Waals surface area contributed by atoms with Crippen molar-refractivity contribution in [3.8, 4) is 0 Å². The summed E-state index contributed by atoms with van der Waals surface area (Å²) < 4.78 is 51.6. The normalized spacial score (nSPS) is 26.9. The average Bonchev–Trinajstić information content (AvgIpc) is 2.71. The van der Waals surface area contributed by atoms with Crippen LogP contribution in [0.2, 0.25) is 0 Å². The lowest BCUT2D eigenvalue weighted by Crippen LogP contribution is -2.35. The van der Waals surface area contributed by atoms with Crippen molar-refractivity contribution in [1.82, 2.24) is 10.2 Å². The van der Waals surface area contributed by atoms with Crippen molar-refractivity contribution in [2.24, 2.45) is 0 Å². The molecule has 1 aromatic rings. The molecule has 2 atom stereocenters. The molecule has 0 radical (unpaired) electrons. The molecule has 2 bridgehead atoms. The summed E-state index contributed by atoms with van der Waals surface area (Å²) in [4.78, 5) is 2.12. The third kappa shape index (κ3) is 3.55. The Labute approximate surface area is 121 Å². The number of hydrogen-bond donors (Lipinski definition) is 1. The van der Waals surface area contributed by atoms with Crippen LogP contribution in [0.1, 0.15) is 30.4 Å². The van der Waals surface area contributed by atoms with Crippen LogP contribution in [0.25, 0.3) is 0 Å². The molecule has 0 aromatic heterocycles. The van der Waals surface area contributed by atoms with Crippen molar-refractivity contribution < 1.29 is 17.6 Å². The summed E-state index contributed by atoms with van der Waals surface area (Å²) in [5.74, 6) is -0.825. The van der Waals surface area contributed by atoms with E-state index < -0.39 is 17.6 Å². The number of nitrogens with one attached hydrogen (secondary N) is 1. The maximum atomic E-state index is 13.4. The number of rotatable bonds is 2. The van der Waals surface area contributed by atoms with Crippen molar-refractivity contribution in [1.29, 1.82) is 0 Å². The van der Waals surface area contributed by atoms with E-state index >= 15 is 0 Å². The van der Waals surface area contributed by atoms with Gasteiger partial charge in [0.2, 0.25) is 0 Å². The minimum Gasteiger partial charge on any atom is -0.310 e. The highest BCUT2D eigenvalue weighted by molar-refractivity contribution is 5.27. The lowest BCUT2D eigenvalue weighted by atomic mass is 10.1. The molecule has 3 rings (SSSR count). The molecule has 116 valence electrons. The largest absolute Gasteiger partial charge is 0.416 e. The second-order valence-corrected chi connectivity index (χ2v) is 6.01. The zero-order chi connectivity index (χ0) is 15.0. The lowest BCUT2D eigenvalue weighted by Gasteiger charge is -2.24. The minimum absolute atomic E-state index is 0.367. The SMILES string of the molecule is Fc1cc(CN2CCC3CCC(C2)N3)cc(C(F)(F)F)c1. The van der Waals surface area contributed by atoms with Gasteiger partial charge in [0.25, 0.3) is 0 Å². The van der Waals surface area contributed by atoms with Gasteiger partial charge in [-0.05, 0) is 43.0 Å². The first kappa shape index (κ1) is 14.8. The Morgan fingerprint density at radius 1 is 1.10 bits per heavy atom. The first-order valence-corrected chi connectivity index (χ1v) is 7.25. The van der Waals surface area contributed by atoms with Crippen molar-refractivity contribution in [3.63, 3.8) is 0 Å². The zero-order valence-corrected chi connectivity index (χ0v) is 11.6. The van der Waals surface area contributed by atoms with Crippen LogP contribution in [-0.2, 0) is 12.7 Å². The van der Waals surface area contributed by atoms with Gasteiger partial charge in [-0.1, -0.05) is 0 Å². The van der Waals surface area contributed by atoms with E-state index in [1.54, 1.807) is 0 Å². The Balaban J connectivity index is 1.74. The Morgan fingerprint density at radius 3 is 2.62 bits per heavy atom. The van der Waals surface area contributed by atoms with Crippen LogP contribution in [0, 0.1) is 5.82 Å². The van der Waals surface area contributed by atoms with Crippen molar-refractivity contribution >= 4 is 0 Å². The Bertz CT molecular complexity index is 515. The monoisotopic (exact) mass is 302 g/mol. The predicted octanol–water partition coefficient (Wildman–Crippen LogP) is 3.17. The fourth-order valence-corrected chi connectivity index (χ4v) is 3.32. The van der Waals surface area contributed by atoms with E-state index in [2.05, 4.69) is 10.2 Å².